The summed E-state index contributed by atoms with van der Waals surface area (Å²) in [5, 5.41) is 2.75. The summed E-state index contributed by atoms with van der Waals surface area (Å²) < 4.78 is 20.0. The molecule has 1 amide bonds. The van der Waals surface area contributed by atoms with Gasteiger partial charge in [-0.2, -0.15) is 0 Å². The number of hydrogen-bond donors (Lipinski definition) is 1. The largest absolute Gasteiger partial charge is 0.444 e. The van der Waals surface area contributed by atoms with Crippen molar-refractivity contribution in [1.29, 1.82) is 0 Å². The quantitative estimate of drug-likeness (QED) is 0.379. The first-order valence-corrected chi connectivity index (χ1v) is 11.1. The Morgan fingerprint density at radius 2 is 1.90 bits per heavy atom. The van der Waals surface area contributed by atoms with E-state index in [1.807, 2.05) is 34.6 Å². The molecule has 0 heterocycles. The van der Waals surface area contributed by atoms with Crippen molar-refractivity contribution < 1.29 is 18.7 Å². The maximum atomic E-state index is 14.8. The van der Waals surface area contributed by atoms with Crippen LogP contribution < -0.4 is 5.32 Å². The van der Waals surface area contributed by atoms with Crippen molar-refractivity contribution >= 4 is 17.4 Å². The zero-order chi connectivity index (χ0) is 22.4. The summed E-state index contributed by atoms with van der Waals surface area (Å²) in [4.78, 5) is 25.3. The van der Waals surface area contributed by atoms with Gasteiger partial charge in [-0.1, -0.05) is 32.1 Å². The highest BCUT2D eigenvalue weighted by Gasteiger charge is 2.34. The van der Waals surface area contributed by atoms with Gasteiger partial charge in [0.05, 0.1) is 0 Å². The first-order chi connectivity index (χ1) is 14.1. The Bertz CT molecular complexity index is 794. The number of ether oxygens (including phenoxy) is 1. The van der Waals surface area contributed by atoms with Gasteiger partial charge in [-0.3, -0.25) is 4.79 Å². The SMILES string of the molecule is CC[C@@](C)(CCCNC(=O)OC(C)(C)C)C(=O)c1cccc(F)c1C1=CCCCC1. The molecule has 1 aliphatic rings. The summed E-state index contributed by atoms with van der Waals surface area (Å²) >= 11 is 0. The molecule has 0 aromatic heterocycles. The summed E-state index contributed by atoms with van der Waals surface area (Å²) in [5.41, 5.74) is 0.751. The molecule has 5 heteroatoms. The number of nitrogens with one attached hydrogen (secondary N) is 1. The van der Waals surface area contributed by atoms with Gasteiger partial charge in [0.1, 0.15) is 11.4 Å². The Hall–Kier alpha value is -2.17. The van der Waals surface area contributed by atoms with Crippen molar-refractivity contribution in [2.75, 3.05) is 6.54 Å². The number of ketones is 1. The summed E-state index contributed by atoms with van der Waals surface area (Å²) in [6, 6.07) is 4.81. The molecular formula is C25H36FNO3. The van der Waals surface area contributed by atoms with Crippen LogP contribution in [-0.2, 0) is 4.74 Å². The lowest BCUT2D eigenvalue weighted by Gasteiger charge is -2.29. The lowest BCUT2D eigenvalue weighted by molar-refractivity contribution is 0.0525. The topological polar surface area (TPSA) is 55.4 Å². The fourth-order valence-electron chi connectivity index (χ4n) is 3.86. The van der Waals surface area contributed by atoms with Crippen molar-refractivity contribution in [1.82, 2.24) is 5.32 Å². The van der Waals surface area contributed by atoms with E-state index in [1.54, 1.807) is 12.1 Å². The minimum absolute atomic E-state index is 0.0248. The molecule has 0 bridgehead atoms. The van der Waals surface area contributed by atoms with E-state index in [9.17, 15) is 14.0 Å². The number of benzene rings is 1. The minimum Gasteiger partial charge on any atom is -0.444 e. The Kier molecular flexibility index (Phi) is 8.22. The molecule has 2 rings (SSSR count). The van der Waals surface area contributed by atoms with Crippen molar-refractivity contribution in [3.05, 3.63) is 41.2 Å². The number of hydrogen-bond acceptors (Lipinski definition) is 3. The smallest absolute Gasteiger partial charge is 0.407 e. The van der Waals surface area contributed by atoms with Gasteiger partial charge in [0.2, 0.25) is 0 Å². The van der Waals surface area contributed by atoms with Crippen molar-refractivity contribution in [2.24, 2.45) is 5.41 Å². The van der Waals surface area contributed by atoms with Crippen LogP contribution in [0.4, 0.5) is 9.18 Å². The van der Waals surface area contributed by atoms with E-state index in [0.29, 0.717) is 36.9 Å². The van der Waals surface area contributed by atoms with Crippen LogP contribution >= 0.6 is 0 Å². The van der Waals surface area contributed by atoms with Gasteiger partial charge < -0.3 is 10.1 Å². The normalized spacial score (nSPS) is 16.4. The molecule has 1 aromatic rings. The number of amides is 1. The number of carbonyl (C=O) groups is 2. The number of alkyl carbamates (subject to hydrolysis) is 1. The fourth-order valence-corrected chi connectivity index (χ4v) is 3.86. The van der Waals surface area contributed by atoms with E-state index >= 15 is 0 Å². The highest BCUT2D eigenvalue weighted by molar-refractivity contribution is 6.04. The van der Waals surface area contributed by atoms with E-state index in [0.717, 1.165) is 31.3 Å². The van der Waals surface area contributed by atoms with Gasteiger partial charge >= 0.3 is 6.09 Å². The standard InChI is InChI=1S/C25H36FNO3/c1-6-25(5,16-11-17-27-23(29)30-24(2,3)4)22(28)19-14-10-15-20(26)21(19)18-12-8-7-9-13-18/h10,12,14-15H,6-9,11,13,16-17H2,1-5H3,(H,27,29)/t25-/m0/s1. The summed E-state index contributed by atoms with van der Waals surface area (Å²) in [6.45, 7) is 9.80. The number of rotatable bonds is 8. The van der Waals surface area contributed by atoms with E-state index in [-0.39, 0.29) is 11.6 Å². The lowest BCUT2D eigenvalue weighted by atomic mass is 9.74. The van der Waals surface area contributed by atoms with Crippen LogP contribution in [0.5, 0.6) is 0 Å². The summed E-state index contributed by atoms with van der Waals surface area (Å²) in [5.74, 6) is -0.345. The third-order valence-electron chi connectivity index (χ3n) is 5.77. The number of Topliss-reactive ketones (excluding diaryl/α,β-unsaturated/α-hetero) is 1. The first kappa shape index (κ1) is 24.1. The molecular weight excluding hydrogens is 381 g/mol. The van der Waals surface area contributed by atoms with Crippen molar-refractivity contribution in [3.63, 3.8) is 0 Å². The highest BCUT2D eigenvalue weighted by atomic mass is 19.1. The van der Waals surface area contributed by atoms with Crippen molar-refractivity contribution in [3.8, 4) is 0 Å². The van der Waals surface area contributed by atoms with Crippen LogP contribution in [0.1, 0.15) is 95.5 Å². The zero-order valence-electron chi connectivity index (χ0n) is 19.1. The molecule has 0 saturated carbocycles. The second-order valence-electron chi connectivity index (χ2n) is 9.41. The third kappa shape index (κ3) is 6.41. The highest BCUT2D eigenvalue weighted by Crippen LogP contribution is 2.37. The molecule has 0 fully saturated rings. The van der Waals surface area contributed by atoms with Crippen LogP contribution in [0.25, 0.3) is 5.57 Å². The van der Waals surface area contributed by atoms with Crippen LogP contribution in [0.2, 0.25) is 0 Å². The lowest BCUT2D eigenvalue weighted by Crippen LogP contribution is -2.34. The molecule has 30 heavy (non-hydrogen) atoms. The van der Waals surface area contributed by atoms with Gasteiger partial charge in [0.25, 0.3) is 0 Å². The third-order valence-corrected chi connectivity index (χ3v) is 5.77. The Morgan fingerprint density at radius 3 is 2.50 bits per heavy atom. The predicted molar refractivity (Wildman–Crippen MR) is 119 cm³/mol. The zero-order valence-corrected chi connectivity index (χ0v) is 19.1. The first-order valence-electron chi connectivity index (χ1n) is 11.1. The molecule has 0 spiro atoms. The molecule has 1 atom stereocenters. The second kappa shape index (κ2) is 10.2. The molecule has 4 nitrogen and oxygen atoms in total. The van der Waals surface area contributed by atoms with E-state index in [4.69, 9.17) is 4.74 Å². The van der Waals surface area contributed by atoms with Crippen LogP contribution in [0, 0.1) is 11.2 Å². The molecule has 1 N–H and O–H groups in total. The van der Waals surface area contributed by atoms with E-state index in [2.05, 4.69) is 11.4 Å². The van der Waals surface area contributed by atoms with Crippen molar-refractivity contribution in [2.45, 2.75) is 85.2 Å². The van der Waals surface area contributed by atoms with Gasteiger partial charge in [0.15, 0.2) is 5.78 Å². The monoisotopic (exact) mass is 417 g/mol. The average molecular weight is 418 g/mol. The van der Waals surface area contributed by atoms with Gasteiger partial charge in [0, 0.05) is 23.1 Å². The average Bonchev–Trinajstić information content (AvgIpc) is 2.69. The maximum absolute atomic E-state index is 14.8. The second-order valence-corrected chi connectivity index (χ2v) is 9.41. The molecule has 0 radical (unpaired) electrons. The number of allylic oxidation sites excluding steroid dienone is 2. The summed E-state index contributed by atoms with van der Waals surface area (Å²) in [6.07, 6.45) is 7.38. The predicted octanol–water partition coefficient (Wildman–Crippen LogP) is 6.69. The van der Waals surface area contributed by atoms with Gasteiger partial charge in [-0.05, 0) is 77.4 Å². The Balaban J connectivity index is 2.11. The molecule has 0 aliphatic heterocycles. The number of halogens is 1. The van der Waals surface area contributed by atoms with Crippen LogP contribution in [0.15, 0.2) is 24.3 Å². The minimum atomic E-state index is -0.618. The van der Waals surface area contributed by atoms with Gasteiger partial charge in [-0.25, -0.2) is 9.18 Å². The maximum Gasteiger partial charge on any atom is 0.407 e. The molecule has 1 aromatic carbocycles. The Morgan fingerprint density at radius 1 is 1.17 bits per heavy atom. The molecule has 1 aliphatic carbocycles. The molecule has 0 saturated heterocycles. The molecule has 0 unspecified atom stereocenters. The number of carbonyl (C=O) groups excluding carboxylic acids is 2. The fraction of sp³-hybridized carbons (Fsp3) is 0.600. The Labute approximate surface area is 180 Å². The van der Waals surface area contributed by atoms with E-state index < -0.39 is 17.1 Å². The van der Waals surface area contributed by atoms with Crippen LogP contribution in [-0.4, -0.2) is 24.0 Å². The van der Waals surface area contributed by atoms with Gasteiger partial charge in [-0.15, -0.1) is 0 Å². The molecule has 166 valence electrons. The summed E-state index contributed by atoms with van der Waals surface area (Å²) in [7, 11) is 0. The van der Waals surface area contributed by atoms with Crippen LogP contribution in [0.3, 0.4) is 0 Å². The van der Waals surface area contributed by atoms with E-state index in [1.165, 1.54) is 6.07 Å².